The Morgan fingerprint density at radius 1 is 0.625 bits per heavy atom. The summed E-state index contributed by atoms with van der Waals surface area (Å²) in [5.74, 6) is 0. The summed E-state index contributed by atoms with van der Waals surface area (Å²) < 4.78 is 5.04. The third kappa shape index (κ3) is 9.85. The van der Waals surface area contributed by atoms with E-state index in [1.807, 2.05) is 35.1 Å². The minimum atomic E-state index is 0.147. The van der Waals surface area contributed by atoms with Crippen LogP contribution in [0.15, 0.2) is 67.9 Å². The molecule has 0 amide bonds. The van der Waals surface area contributed by atoms with Gasteiger partial charge < -0.3 is 24.5 Å². The Bertz CT molecular complexity index is 1600. The third-order valence-corrected chi connectivity index (χ3v) is 12.4. The van der Waals surface area contributed by atoms with Gasteiger partial charge in [0.05, 0.1) is 32.2 Å². The highest BCUT2D eigenvalue weighted by molar-refractivity contribution is 7.11. The molecule has 3 aromatic rings. The lowest BCUT2D eigenvalue weighted by Crippen LogP contribution is -2.22. The SMILES string of the molecule is CCN1C=CC(c2scc(C)c2C)N=C1.COCCN1C=CC(c2scc(C)c2C)N=C1.Cc1csc(C2C=CN(CCO)C=N2)c1C. The average molecular weight is 707 g/mol. The van der Waals surface area contributed by atoms with Crippen LogP contribution in [0.1, 0.15) is 73.1 Å². The molecule has 0 aliphatic carbocycles. The molecule has 3 atom stereocenters. The monoisotopic (exact) mass is 706 g/mol. The van der Waals surface area contributed by atoms with Crippen molar-refractivity contribution in [2.75, 3.05) is 40.0 Å². The van der Waals surface area contributed by atoms with E-state index < -0.39 is 0 Å². The molecule has 0 bridgehead atoms. The minimum Gasteiger partial charge on any atom is -0.395 e. The summed E-state index contributed by atoms with van der Waals surface area (Å²) in [4.78, 5) is 23.7. The maximum absolute atomic E-state index is 8.81. The second-order valence-electron chi connectivity index (χ2n) is 11.9. The highest BCUT2D eigenvalue weighted by atomic mass is 32.1. The van der Waals surface area contributed by atoms with Gasteiger partial charge in [0.15, 0.2) is 0 Å². The van der Waals surface area contributed by atoms with Crippen molar-refractivity contribution >= 4 is 53.0 Å². The molecule has 6 rings (SSSR count). The molecule has 48 heavy (non-hydrogen) atoms. The fourth-order valence-corrected chi connectivity index (χ4v) is 8.28. The van der Waals surface area contributed by atoms with Crippen LogP contribution in [-0.2, 0) is 4.74 Å². The first-order valence-electron chi connectivity index (χ1n) is 16.3. The van der Waals surface area contributed by atoms with Gasteiger partial charge >= 0.3 is 0 Å². The van der Waals surface area contributed by atoms with E-state index in [2.05, 4.69) is 120 Å². The molecule has 8 nitrogen and oxygen atoms in total. The Morgan fingerprint density at radius 3 is 1.27 bits per heavy atom. The highest BCUT2D eigenvalue weighted by Gasteiger charge is 2.17. The van der Waals surface area contributed by atoms with Gasteiger partial charge in [-0.25, -0.2) is 0 Å². The number of hydrogen-bond acceptors (Lipinski definition) is 11. The Morgan fingerprint density at radius 2 is 1.00 bits per heavy atom. The van der Waals surface area contributed by atoms with E-state index in [-0.39, 0.29) is 24.7 Å². The molecule has 0 saturated carbocycles. The number of thiophene rings is 3. The van der Waals surface area contributed by atoms with Gasteiger partial charge in [-0.1, -0.05) is 0 Å². The van der Waals surface area contributed by atoms with Gasteiger partial charge in [0.25, 0.3) is 0 Å². The molecule has 6 heterocycles. The quantitative estimate of drug-likeness (QED) is 0.242. The van der Waals surface area contributed by atoms with E-state index in [0.717, 1.165) is 19.7 Å². The van der Waals surface area contributed by atoms with Crippen LogP contribution >= 0.6 is 34.0 Å². The molecule has 1 N–H and O–H groups in total. The van der Waals surface area contributed by atoms with Crippen LogP contribution in [0.4, 0.5) is 0 Å². The van der Waals surface area contributed by atoms with Crippen molar-refractivity contribution in [3.63, 3.8) is 0 Å². The molecule has 0 fully saturated rings. The summed E-state index contributed by atoms with van der Waals surface area (Å²) in [6, 6.07) is 0.563. The number of aliphatic hydroxyl groups excluding tert-OH is 1. The summed E-state index contributed by atoms with van der Waals surface area (Å²) in [6.45, 7) is 18.4. The van der Waals surface area contributed by atoms with Crippen LogP contribution in [0.3, 0.4) is 0 Å². The summed E-state index contributed by atoms with van der Waals surface area (Å²) >= 11 is 5.37. The first kappa shape index (κ1) is 37.5. The Hall–Kier alpha value is -3.35. The van der Waals surface area contributed by atoms with Crippen LogP contribution in [0.25, 0.3) is 0 Å². The number of nitrogens with zero attached hydrogens (tertiary/aromatic N) is 6. The van der Waals surface area contributed by atoms with Crippen LogP contribution in [-0.4, -0.2) is 78.8 Å². The van der Waals surface area contributed by atoms with E-state index in [1.165, 1.54) is 48.0 Å². The lowest BCUT2D eigenvalue weighted by Gasteiger charge is -2.20. The molecule has 0 aromatic carbocycles. The van der Waals surface area contributed by atoms with Gasteiger partial charge in [-0.15, -0.1) is 34.0 Å². The van der Waals surface area contributed by atoms with E-state index in [4.69, 9.17) is 9.84 Å². The molecule has 3 unspecified atom stereocenters. The van der Waals surface area contributed by atoms with Crippen molar-refractivity contribution in [1.29, 1.82) is 0 Å². The number of hydrogen-bond donors (Lipinski definition) is 1. The number of aliphatic hydroxyl groups is 1. The fraction of sp³-hybridized carbons (Fsp3) is 0.432. The molecular formula is C37H50N6O2S3. The van der Waals surface area contributed by atoms with Crippen LogP contribution in [0.2, 0.25) is 0 Å². The summed E-state index contributed by atoms with van der Waals surface area (Å²) in [5, 5.41) is 15.4. The van der Waals surface area contributed by atoms with Crippen molar-refractivity contribution in [3.8, 4) is 0 Å². The average Bonchev–Trinajstić information content (AvgIpc) is 3.76. The molecule has 0 saturated heterocycles. The van der Waals surface area contributed by atoms with E-state index >= 15 is 0 Å². The lowest BCUT2D eigenvalue weighted by atomic mass is 10.1. The minimum absolute atomic E-state index is 0.147. The number of β-amino-alcohol motifs (C(OH)–C–C–N with tert-alkyl or cyclic N) is 1. The summed E-state index contributed by atoms with van der Waals surface area (Å²) in [7, 11) is 1.71. The first-order valence-corrected chi connectivity index (χ1v) is 19.0. The van der Waals surface area contributed by atoms with Gasteiger partial charge in [-0.3, -0.25) is 15.0 Å². The maximum atomic E-state index is 8.81. The third-order valence-electron chi connectivity index (χ3n) is 8.56. The van der Waals surface area contributed by atoms with Gasteiger partial charge in [0.1, 0.15) is 18.1 Å². The lowest BCUT2D eigenvalue weighted by molar-refractivity contribution is 0.187. The largest absolute Gasteiger partial charge is 0.395 e. The molecule has 0 radical (unpaired) electrons. The Kier molecular flexibility index (Phi) is 14.4. The number of aryl methyl sites for hydroxylation is 3. The molecule has 11 heteroatoms. The Labute approximate surface area is 298 Å². The van der Waals surface area contributed by atoms with Gasteiger partial charge in [0.2, 0.25) is 0 Å². The van der Waals surface area contributed by atoms with Crippen LogP contribution in [0, 0.1) is 41.5 Å². The number of aliphatic imine (C=N–C) groups is 3. The number of ether oxygens (including phenoxy) is 1. The molecule has 258 valence electrons. The van der Waals surface area contributed by atoms with Gasteiger partial charge in [0, 0.05) is 60.0 Å². The van der Waals surface area contributed by atoms with E-state index in [0.29, 0.717) is 6.54 Å². The molecule has 3 aliphatic heterocycles. The predicted molar refractivity (Wildman–Crippen MR) is 207 cm³/mol. The standard InChI is InChI=1S/C13H18N2OS.C12H16N2OS.C12H16N2S/c1-10-8-17-13(11(10)2)12-4-5-15(9-14-12)6-7-16-3;1-9-7-16-12(10(9)2)11-3-4-14(5-6-15)8-13-11;1-4-14-6-5-11(13-8-14)12-10(3)9(2)7-15-12/h4-5,8-9,12H,6-7H2,1-3H3;3-4,7-8,11,15H,5-6H2,1-2H3;5-8,11H,4H2,1-3H3. The topological polar surface area (TPSA) is 76.3 Å². The van der Waals surface area contributed by atoms with Crippen molar-refractivity contribution in [2.24, 2.45) is 15.0 Å². The fourth-order valence-electron chi connectivity index (χ4n) is 4.99. The van der Waals surface area contributed by atoms with Crippen molar-refractivity contribution < 1.29 is 9.84 Å². The molecule has 3 aliphatic rings. The van der Waals surface area contributed by atoms with E-state index in [9.17, 15) is 0 Å². The summed E-state index contributed by atoms with van der Waals surface area (Å²) in [6.07, 6.45) is 18.2. The van der Waals surface area contributed by atoms with Gasteiger partial charge in [-0.05, 0) is 116 Å². The van der Waals surface area contributed by atoms with Crippen LogP contribution < -0.4 is 0 Å². The Balaban J connectivity index is 0.000000163. The van der Waals surface area contributed by atoms with Crippen LogP contribution in [0.5, 0.6) is 0 Å². The zero-order valence-corrected chi connectivity index (χ0v) is 31.9. The second kappa shape index (κ2) is 18.4. The zero-order chi connectivity index (χ0) is 34.6. The molecular weight excluding hydrogens is 657 g/mol. The number of rotatable bonds is 9. The second-order valence-corrected chi connectivity index (χ2v) is 14.6. The molecule has 0 spiro atoms. The smallest absolute Gasteiger partial charge is 0.106 e. The number of methoxy groups -OCH3 is 1. The predicted octanol–water partition coefficient (Wildman–Crippen LogP) is 8.45. The maximum Gasteiger partial charge on any atom is 0.106 e. The van der Waals surface area contributed by atoms with Crippen molar-refractivity contribution in [2.45, 2.75) is 66.6 Å². The highest BCUT2D eigenvalue weighted by Crippen LogP contribution is 2.33. The van der Waals surface area contributed by atoms with Gasteiger partial charge in [-0.2, -0.15) is 0 Å². The summed E-state index contributed by atoms with van der Waals surface area (Å²) in [5.41, 5.74) is 8.16. The zero-order valence-electron chi connectivity index (χ0n) is 29.5. The van der Waals surface area contributed by atoms with Crippen molar-refractivity contribution in [1.82, 2.24) is 14.7 Å². The first-order chi connectivity index (χ1) is 23.2. The molecule has 3 aromatic heterocycles. The normalized spacial score (nSPS) is 19.4. The van der Waals surface area contributed by atoms with Crippen molar-refractivity contribution in [3.05, 3.63) is 101 Å². The van der Waals surface area contributed by atoms with E-state index in [1.54, 1.807) is 36.1 Å².